The number of hydrazone groups is 1. The molecule has 0 aliphatic rings. The predicted molar refractivity (Wildman–Crippen MR) is 77.2 cm³/mol. The number of para-hydroxylation sites is 1. The van der Waals surface area contributed by atoms with Gasteiger partial charge in [0.2, 0.25) is 0 Å². The molecular formula is C15H16N2O2. The number of anilines is 1. The van der Waals surface area contributed by atoms with Gasteiger partial charge in [0.15, 0.2) is 0 Å². The highest BCUT2D eigenvalue weighted by atomic mass is 16.5. The van der Waals surface area contributed by atoms with E-state index in [2.05, 4.69) is 10.5 Å². The van der Waals surface area contributed by atoms with Crippen molar-refractivity contribution in [3.05, 3.63) is 54.1 Å². The minimum Gasteiger partial charge on any atom is -0.497 e. The SMILES string of the molecule is COc1ccc(OC)c(/C=N/Nc2ccccc2)c1. The van der Waals surface area contributed by atoms with Gasteiger partial charge in [0.25, 0.3) is 0 Å². The first-order valence-corrected chi connectivity index (χ1v) is 5.89. The fourth-order valence-corrected chi connectivity index (χ4v) is 1.63. The fraction of sp³-hybridized carbons (Fsp3) is 0.133. The Morgan fingerprint density at radius 1 is 1.00 bits per heavy atom. The maximum absolute atomic E-state index is 5.27. The molecule has 0 amide bonds. The molecule has 2 rings (SSSR count). The molecule has 0 radical (unpaired) electrons. The number of benzene rings is 2. The third-order valence-electron chi connectivity index (χ3n) is 2.61. The van der Waals surface area contributed by atoms with Crippen LogP contribution >= 0.6 is 0 Å². The molecule has 0 atom stereocenters. The lowest BCUT2D eigenvalue weighted by Gasteiger charge is -2.06. The molecule has 0 aliphatic carbocycles. The van der Waals surface area contributed by atoms with Crippen LogP contribution in [0.2, 0.25) is 0 Å². The monoisotopic (exact) mass is 256 g/mol. The van der Waals surface area contributed by atoms with Crippen LogP contribution in [0.5, 0.6) is 11.5 Å². The smallest absolute Gasteiger partial charge is 0.127 e. The summed E-state index contributed by atoms with van der Waals surface area (Å²) in [4.78, 5) is 0. The van der Waals surface area contributed by atoms with Crippen LogP contribution < -0.4 is 14.9 Å². The van der Waals surface area contributed by atoms with E-state index in [0.717, 1.165) is 22.7 Å². The van der Waals surface area contributed by atoms with Gasteiger partial charge in [0, 0.05) is 5.56 Å². The number of hydrogen-bond donors (Lipinski definition) is 1. The van der Waals surface area contributed by atoms with Crippen LogP contribution in [0.25, 0.3) is 0 Å². The highest BCUT2D eigenvalue weighted by molar-refractivity contribution is 5.84. The lowest BCUT2D eigenvalue weighted by molar-refractivity contribution is 0.402. The fourth-order valence-electron chi connectivity index (χ4n) is 1.63. The van der Waals surface area contributed by atoms with Crippen molar-refractivity contribution >= 4 is 11.9 Å². The van der Waals surface area contributed by atoms with Crippen LogP contribution in [0.1, 0.15) is 5.56 Å². The Kier molecular flexibility index (Phi) is 4.39. The van der Waals surface area contributed by atoms with E-state index in [0.29, 0.717) is 0 Å². The topological polar surface area (TPSA) is 42.9 Å². The van der Waals surface area contributed by atoms with Crippen molar-refractivity contribution in [2.75, 3.05) is 19.6 Å². The molecule has 0 bridgehead atoms. The molecular weight excluding hydrogens is 240 g/mol. The Morgan fingerprint density at radius 3 is 2.47 bits per heavy atom. The van der Waals surface area contributed by atoms with Crippen LogP contribution in [0.4, 0.5) is 5.69 Å². The van der Waals surface area contributed by atoms with E-state index in [1.807, 2.05) is 48.5 Å². The number of methoxy groups -OCH3 is 2. The van der Waals surface area contributed by atoms with Crippen LogP contribution in [0.15, 0.2) is 53.6 Å². The molecule has 4 nitrogen and oxygen atoms in total. The van der Waals surface area contributed by atoms with Gasteiger partial charge in [-0.25, -0.2) is 0 Å². The second-order valence-corrected chi connectivity index (χ2v) is 3.84. The number of hydrogen-bond acceptors (Lipinski definition) is 4. The van der Waals surface area contributed by atoms with Crippen molar-refractivity contribution < 1.29 is 9.47 Å². The van der Waals surface area contributed by atoms with Crippen LogP contribution in [-0.4, -0.2) is 20.4 Å². The van der Waals surface area contributed by atoms with Crippen molar-refractivity contribution in [1.82, 2.24) is 0 Å². The zero-order valence-electron chi connectivity index (χ0n) is 11.0. The summed E-state index contributed by atoms with van der Waals surface area (Å²) in [6, 6.07) is 15.3. The Morgan fingerprint density at radius 2 is 1.79 bits per heavy atom. The molecule has 19 heavy (non-hydrogen) atoms. The van der Waals surface area contributed by atoms with E-state index in [1.54, 1.807) is 20.4 Å². The quantitative estimate of drug-likeness (QED) is 0.660. The Labute approximate surface area is 112 Å². The van der Waals surface area contributed by atoms with E-state index in [4.69, 9.17) is 9.47 Å². The van der Waals surface area contributed by atoms with Crippen LogP contribution in [-0.2, 0) is 0 Å². The molecule has 0 saturated carbocycles. The Hall–Kier alpha value is -2.49. The maximum atomic E-state index is 5.27. The number of rotatable bonds is 5. The molecule has 2 aromatic carbocycles. The summed E-state index contributed by atoms with van der Waals surface area (Å²) >= 11 is 0. The third kappa shape index (κ3) is 3.48. The molecule has 4 heteroatoms. The first kappa shape index (κ1) is 13.0. The highest BCUT2D eigenvalue weighted by Crippen LogP contribution is 2.22. The van der Waals surface area contributed by atoms with E-state index >= 15 is 0 Å². The van der Waals surface area contributed by atoms with Crippen molar-refractivity contribution in [3.63, 3.8) is 0 Å². The minimum absolute atomic E-state index is 0.749. The van der Waals surface area contributed by atoms with Crippen molar-refractivity contribution in [2.45, 2.75) is 0 Å². The van der Waals surface area contributed by atoms with Gasteiger partial charge >= 0.3 is 0 Å². The summed E-state index contributed by atoms with van der Waals surface area (Å²) in [5.74, 6) is 1.52. The maximum Gasteiger partial charge on any atom is 0.127 e. The largest absolute Gasteiger partial charge is 0.497 e. The van der Waals surface area contributed by atoms with Crippen LogP contribution in [0, 0.1) is 0 Å². The second kappa shape index (κ2) is 6.44. The van der Waals surface area contributed by atoms with Gasteiger partial charge in [-0.15, -0.1) is 0 Å². The summed E-state index contributed by atoms with van der Waals surface area (Å²) in [7, 11) is 3.26. The molecule has 0 spiro atoms. The summed E-state index contributed by atoms with van der Waals surface area (Å²) in [5.41, 5.74) is 4.74. The van der Waals surface area contributed by atoms with Gasteiger partial charge in [-0.3, -0.25) is 5.43 Å². The summed E-state index contributed by atoms with van der Waals surface area (Å²) in [6.45, 7) is 0. The first-order chi connectivity index (χ1) is 9.33. The predicted octanol–water partition coefficient (Wildman–Crippen LogP) is 3.15. The highest BCUT2D eigenvalue weighted by Gasteiger charge is 2.02. The second-order valence-electron chi connectivity index (χ2n) is 3.84. The standard InChI is InChI=1S/C15H16N2O2/c1-18-14-8-9-15(19-2)12(10-14)11-16-17-13-6-4-3-5-7-13/h3-11,17H,1-2H3/b16-11+. The minimum atomic E-state index is 0.749. The van der Waals surface area contributed by atoms with E-state index in [1.165, 1.54) is 0 Å². The van der Waals surface area contributed by atoms with Gasteiger partial charge in [0.1, 0.15) is 11.5 Å². The Bertz CT molecular complexity index is 553. The summed E-state index contributed by atoms with van der Waals surface area (Å²) < 4.78 is 10.5. The van der Waals surface area contributed by atoms with Crippen molar-refractivity contribution in [2.24, 2.45) is 5.10 Å². The molecule has 1 N–H and O–H groups in total. The van der Waals surface area contributed by atoms with E-state index in [9.17, 15) is 0 Å². The number of nitrogens with one attached hydrogen (secondary N) is 1. The zero-order valence-corrected chi connectivity index (χ0v) is 11.0. The molecule has 0 saturated heterocycles. The van der Waals surface area contributed by atoms with Crippen LogP contribution in [0.3, 0.4) is 0 Å². The third-order valence-corrected chi connectivity index (χ3v) is 2.61. The number of nitrogens with zero attached hydrogens (tertiary/aromatic N) is 1. The van der Waals surface area contributed by atoms with Crippen molar-refractivity contribution in [1.29, 1.82) is 0 Å². The average molecular weight is 256 g/mol. The number of ether oxygens (including phenoxy) is 2. The van der Waals surface area contributed by atoms with Gasteiger partial charge < -0.3 is 9.47 Å². The molecule has 0 aliphatic heterocycles. The zero-order chi connectivity index (χ0) is 13.5. The van der Waals surface area contributed by atoms with Gasteiger partial charge in [-0.05, 0) is 30.3 Å². The summed E-state index contributed by atoms with van der Waals surface area (Å²) in [5, 5.41) is 4.19. The van der Waals surface area contributed by atoms with Crippen molar-refractivity contribution in [3.8, 4) is 11.5 Å². The molecule has 98 valence electrons. The molecule has 0 fully saturated rings. The normalized spacial score (nSPS) is 10.4. The summed E-state index contributed by atoms with van der Waals surface area (Å²) in [6.07, 6.45) is 1.70. The van der Waals surface area contributed by atoms with Gasteiger partial charge in [0.05, 0.1) is 26.1 Å². The van der Waals surface area contributed by atoms with Gasteiger partial charge in [-0.2, -0.15) is 5.10 Å². The first-order valence-electron chi connectivity index (χ1n) is 5.89. The molecule has 0 unspecified atom stereocenters. The molecule has 0 heterocycles. The lowest BCUT2D eigenvalue weighted by atomic mass is 10.2. The van der Waals surface area contributed by atoms with E-state index in [-0.39, 0.29) is 0 Å². The molecule has 2 aromatic rings. The van der Waals surface area contributed by atoms with E-state index < -0.39 is 0 Å². The molecule has 0 aromatic heterocycles. The Balaban J connectivity index is 2.13. The average Bonchev–Trinajstić information content (AvgIpc) is 2.48. The lowest BCUT2D eigenvalue weighted by Crippen LogP contribution is -1.95. The van der Waals surface area contributed by atoms with Gasteiger partial charge in [-0.1, -0.05) is 18.2 Å².